The molecule has 2 aromatic rings. The van der Waals surface area contributed by atoms with Crippen LogP contribution in [0.1, 0.15) is 22.5 Å². The van der Waals surface area contributed by atoms with Gasteiger partial charge >= 0.3 is 6.36 Å². The number of amides is 1. The number of ether oxygens (including phenoxy) is 3. The molecule has 0 radical (unpaired) electrons. The van der Waals surface area contributed by atoms with E-state index in [9.17, 15) is 28.2 Å². The molecule has 1 aromatic heterocycles. The number of nitrogens with zero attached hydrogens (tertiary/aromatic N) is 2. The summed E-state index contributed by atoms with van der Waals surface area (Å²) in [5.41, 5.74) is -1.34. The number of hydrogen-bond acceptors (Lipinski definition) is 7. The van der Waals surface area contributed by atoms with Crippen LogP contribution >= 0.6 is 15.9 Å². The van der Waals surface area contributed by atoms with Gasteiger partial charge in [-0.2, -0.15) is 0 Å². The molecule has 0 aliphatic carbocycles. The van der Waals surface area contributed by atoms with E-state index < -0.39 is 37.2 Å². The fourth-order valence-electron chi connectivity index (χ4n) is 3.52. The molecule has 1 fully saturated rings. The maximum absolute atomic E-state index is 13.2. The first-order chi connectivity index (χ1) is 15.5. The standard InChI is InChI=1S/C21H22BrF3N2O6/c1-31-14-5-2-4-13(18(14)32-10-11-33-21(23,24)25)19(29)27-9-8-20(30,16(28)12-27)15-6-3-7-17(22)26-15/h2-7,16,28,30H,8-12H2,1H3/t16-,20-/m1/s1. The number of aliphatic hydroxyl groups is 2. The number of pyridine rings is 1. The first-order valence-corrected chi connectivity index (χ1v) is 10.7. The topological polar surface area (TPSA) is 101 Å². The van der Waals surface area contributed by atoms with E-state index in [1.54, 1.807) is 18.2 Å². The van der Waals surface area contributed by atoms with E-state index in [2.05, 4.69) is 25.7 Å². The number of hydrogen-bond donors (Lipinski definition) is 2. The summed E-state index contributed by atoms with van der Waals surface area (Å²) in [7, 11) is 1.33. The van der Waals surface area contributed by atoms with Crippen LogP contribution < -0.4 is 9.47 Å². The highest BCUT2D eigenvalue weighted by Gasteiger charge is 2.45. The van der Waals surface area contributed by atoms with Gasteiger partial charge < -0.3 is 24.6 Å². The number of likely N-dealkylation sites (tertiary alicyclic amines) is 1. The van der Waals surface area contributed by atoms with Gasteiger partial charge in [0.1, 0.15) is 22.9 Å². The van der Waals surface area contributed by atoms with Crippen LogP contribution in [0.3, 0.4) is 0 Å². The fourth-order valence-corrected chi connectivity index (χ4v) is 3.86. The van der Waals surface area contributed by atoms with E-state index >= 15 is 0 Å². The van der Waals surface area contributed by atoms with E-state index in [0.717, 1.165) is 0 Å². The third-order valence-electron chi connectivity index (χ3n) is 5.18. The zero-order valence-corrected chi connectivity index (χ0v) is 19.1. The quantitative estimate of drug-likeness (QED) is 0.416. The molecule has 180 valence electrons. The predicted molar refractivity (Wildman–Crippen MR) is 113 cm³/mol. The summed E-state index contributed by atoms with van der Waals surface area (Å²) in [6.07, 6.45) is -6.11. The molecule has 1 aromatic carbocycles. The molecule has 1 aliphatic rings. The Morgan fingerprint density at radius 1 is 1.27 bits per heavy atom. The molecule has 3 rings (SSSR count). The molecule has 1 aliphatic heterocycles. The molecule has 8 nitrogen and oxygen atoms in total. The van der Waals surface area contributed by atoms with Crippen LogP contribution in [0.4, 0.5) is 13.2 Å². The first kappa shape index (κ1) is 25.2. The van der Waals surface area contributed by atoms with Crippen molar-refractivity contribution in [1.29, 1.82) is 0 Å². The lowest BCUT2D eigenvalue weighted by Gasteiger charge is -2.41. The number of carbonyl (C=O) groups is 1. The second-order valence-corrected chi connectivity index (χ2v) is 8.08. The Hall–Kier alpha value is -2.41. The minimum atomic E-state index is -4.80. The Morgan fingerprint density at radius 2 is 2.00 bits per heavy atom. The van der Waals surface area contributed by atoms with Crippen LogP contribution in [0.2, 0.25) is 0 Å². The number of carbonyl (C=O) groups excluding carboxylic acids is 1. The van der Waals surface area contributed by atoms with Crippen LogP contribution in [-0.4, -0.2) is 71.9 Å². The van der Waals surface area contributed by atoms with Crippen molar-refractivity contribution in [2.75, 3.05) is 33.4 Å². The number of para-hydroxylation sites is 1. The molecule has 12 heteroatoms. The Kier molecular flexibility index (Phi) is 7.83. The largest absolute Gasteiger partial charge is 0.522 e. The SMILES string of the molecule is COc1cccc(C(=O)N2CC[C@@](O)(c3cccc(Br)n3)[C@H](O)C2)c1OCCOC(F)(F)F. The molecule has 1 saturated heterocycles. The number of aliphatic hydroxyl groups excluding tert-OH is 1. The Bertz CT molecular complexity index is 993. The van der Waals surface area contributed by atoms with Gasteiger partial charge in [-0.05, 0) is 40.2 Å². The molecule has 1 amide bonds. The zero-order chi connectivity index (χ0) is 24.2. The second kappa shape index (κ2) is 10.2. The summed E-state index contributed by atoms with van der Waals surface area (Å²) in [5, 5.41) is 21.7. The van der Waals surface area contributed by atoms with Gasteiger partial charge in [0.25, 0.3) is 5.91 Å². The van der Waals surface area contributed by atoms with E-state index in [1.807, 2.05) is 0 Å². The predicted octanol–water partition coefficient (Wildman–Crippen LogP) is 2.86. The van der Waals surface area contributed by atoms with Crippen molar-refractivity contribution in [3.8, 4) is 11.5 Å². The third kappa shape index (κ3) is 5.94. The molecule has 0 bridgehead atoms. The van der Waals surface area contributed by atoms with Crippen molar-refractivity contribution in [2.24, 2.45) is 0 Å². The molecule has 2 atom stereocenters. The van der Waals surface area contributed by atoms with Crippen LogP contribution in [0.15, 0.2) is 41.0 Å². The maximum Gasteiger partial charge on any atom is 0.522 e. The minimum Gasteiger partial charge on any atom is -0.493 e. The average molecular weight is 535 g/mol. The second-order valence-electron chi connectivity index (χ2n) is 7.27. The molecule has 2 N–H and O–H groups in total. The zero-order valence-electron chi connectivity index (χ0n) is 17.5. The van der Waals surface area contributed by atoms with Crippen LogP contribution in [0, 0.1) is 0 Å². The van der Waals surface area contributed by atoms with E-state index in [4.69, 9.17) is 9.47 Å². The summed E-state index contributed by atoms with van der Waals surface area (Å²) in [5.74, 6) is -0.427. The lowest BCUT2D eigenvalue weighted by Crippen LogP contribution is -2.55. The number of alkyl halides is 3. The van der Waals surface area contributed by atoms with Gasteiger partial charge in [-0.25, -0.2) is 4.98 Å². The summed E-state index contributed by atoms with van der Waals surface area (Å²) < 4.78 is 51.4. The van der Waals surface area contributed by atoms with Gasteiger partial charge in [-0.15, -0.1) is 13.2 Å². The van der Waals surface area contributed by atoms with Gasteiger partial charge in [0, 0.05) is 13.0 Å². The van der Waals surface area contributed by atoms with Crippen molar-refractivity contribution >= 4 is 21.8 Å². The molecule has 2 heterocycles. The summed E-state index contributed by atoms with van der Waals surface area (Å²) in [4.78, 5) is 18.7. The highest BCUT2D eigenvalue weighted by atomic mass is 79.9. The number of benzene rings is 1. The normalized spacial score (nSPS) is 21.1. The van der Waals surface area contributed by atoms with Crippen molar-refractivity contribution < 1.29 is 42.4 Å². The van der Waals surface area contributed by atoms with E-state index in [0.29, 0.717) is 4.60 Å². The van der Waals surface area contributed by atoms with Gasteiger partial charge in [-0.1, -0.05) is 12.1 Å². The molecular weight excluding hydrogens is 513 g/mol. The maximum atomic E-state index is 13.2. The number of piperidine rings is 1. The van der Waals surface area contributed by atoms with E-state index in [1.165, 1.54) is 30.2 Å². The molecule has 0 spiro atoms. The minimum absolute atomic E-state index is 0.0168. The van der Waals surface area contributed by atoms with Gasteiger partial charge in [0.15, 0.2) is 11.5 Å². The highest BCUT2D eigenvalue weighted by Crippen LogP contribution is 2.36. The van der Waals surface area contributed by atoms with Crippen LogP contribution in [0.5, 0.6) is 11.5 Å². The lowest BCUT2D eigenvalue weighted by atomic mass is 9.85. The molecule has 33 heavy (non-hydrogen) atoms. The van der Waals surface area contributed by atoms with Crippen molar-refractivity contribution in [2.45, 2.75) is 24.5 Å². The van der Waals surface area contributed by atoms with Crippen LogP contribution in [-0.2, 0) is 10.3 Å². The summed E-state index contributed by atoms with van der Waals surface area (Å²) >= 11 is 3.23. The number of rotatable bonds is 7. The Labute approximate surface area is 196 Å². The summed E-state index contributed by atoms with van der Waals surface area (Å²) in [6, 6.07) is 9.42. The van der Waals surface area contributed by atoms with Crippen molar-refractivity contribution in [3.05, 3.63) is 52.3 Å². The third-order valence-corrected chi connectivity index (χ3v) is 5.62. The Balaban J connectivity index is 1.76. The number of aromatic nitrogens is 1. The van der Waals surface area contributed by atoms with Gasteiger partial charge in [0.05, 0.1) is 31.5 Å². The number of methoxy groups -OCH3 is 1. The molecule has 0 saturated carbocycles. The van der Waals surface area contributed by atoms with Crippen molar-refractivity contribution in [1.82, 2.24) is 9.88 Å². The molecular formula is C21H22BrF3N2O6. The Morgan fingerprint density at radius 3 is 2.64 bits per heavy atom. The smallest absolute Gasteiger partial charge is 0.493 e. The lowest BCUT2D eigenvalue weighted by molar-refractivity contribution is -0.325. The number of halogens is 4. The molecule has 0 unspecified atom stereocenters. The van der Waals surface area contributed by atoms with Gasteiger partial charge in [0.2, 0.25) is 0 Å². The summed E-state index contributed by atoms with van der Waals surface area (Å²) in [6.45, 7) is -1.35. The highest BCUT2D eigenvalue weighted by molar-refractivity contribution is 9.10. The van der Waals surface area contributed by atoms with E-state index in [-0.39, 0.29) is 42.3 Å². The van der Waals surface area contributed by atoms with Crippen molar-refractivity contribution in [3.63, 3.8) is 0 Å². The monoisotopic (exact) mass is 534 g/mol. The average Bonchev–Trinajstić information content (AvgIpc) is 2.77. The number of β-amino-alcohol motifs (C(OH)–C–C–N with tert-alkyl or cyclic N) is 1. The van der Waals surface area contributed by atoms with Crippen LogP contribution in [0.25, 0.3) is 0 Å². The van der Waals surface area contributed by atoms with Gasteiger partial charge in [-0.3, -0.25) is 9.53 Å². The first-order valence-electron chi connectivity index (χ1n) is 9.88. The fraction of sp³-hybridized carbons (Fsp3) is 0.429.